The van der Waals surface area contributed by atoms with Crippen molar-refractivity contribution < 1.29 is 62.9 Å². The smallest absolute Gasteiger partial charge is 0.373 e. The maximum Gasteiger partial charge on any atom is 0.519 e. The lowest BCUT2D eigenvalue weighted by atomic mass is 9.81. The third-order valence-corrected chi connectivity index (χ3v) is 4.54. The van der Waals surface area contributed by atoms with E-state index >= 15 is 0 Å². The van der Waals surface area contributed by atoms with Crippen LogP contribution in [0.25, 0.3) is 0 Å². The minimum Gasteiger partial charge on any atom is -0.373 e. The van der Waals surface area contributed by atoms with E-state index in [-0.39, 0.29) is 11.1 Å². The molecular formula is C20H28F12O2. The van der Waals surface area contributed by atoms with E-state index in [1.165, 1.54) is 40.7 Å². The first-order valence-corrected chi connectivity index (χ1v) is 9.24. The van der Waals surface area contributed by atoms with Crippen molar-refractivity contribution in [1.82, 2.24) is 0 Å². The zero-order chi connectivity index (χ0) is 28.7. The van der Waals surface area contributed by atoms with Gasteiger partial charge in [-0.05, 0) is 54.0 Å². The van der Waals surface area contributed by atoms with Crippen molar-refractivity contribution in [3.05, 3.63) is 33.9 Å². The quantitative estimate of drug-likeness (QED) is 0.220. The number of aliphatic hydroxyl groups is 2. The predicted octanol–water partition coefficient (Wildman–Crippen LogP) is 8.18. The van der Waals surface area contributed by atoms with E-state index in [0.29, 0.717) is 18.1 Å². The maximum absolute atomic E-state index is 12.5. The summed E-state index contributed by atoms with van der Waals surface area (Å²) in [6.45, 7) is 10.6. The Hall–Kier alpha value is -1.70. The van der Waals surface area contributed by atoms with E-state index in [9.17, 15) is 52.7 Å². The van der Waals surface area contributed by atoms with Crippen LogP contribution in [0.3, 0.4) is 0 Å². The first-order valence-electron chi connectivity index (χ1n) is 9.24. The van der Waals surface area contributed by atoms with E-state index in [1.807, 2.05) is 0 Å². The van der Waals surface area contributed by atoms with Gasteiger partial charge in [-0.2, -0.15) is 39.5 Å². The SMILES string of the molecule is C/C=C(/C)C(=C(C)C)C(F)(F)F.CC(C)=C(C)C(C)C(O)(C(F)(F)F)C(F)(F)F.OC(F)(F)F. The molecule has 0 amide bonds. The predicted molar refractivity (Wildman–Crippen MR) is 102 cm³/mol. The van der Waals surface area contributed by atoms with Gasteiger partial charge < -0.3 is 10.2 Å². The number of allylic oxidation sites excluding steroid dienone is 5. The highest BCUT2D eigenvalue weighted by Crippen LogP contribution is 2.49. The van der Waals surface area contributed by atoms with Crippen LogP contribution in [0.5, 0.6) is 0 Å². The first-order chi connectivity index (χ1) is 14.6. The molecule has 0 aromatic rings. The summed E-state index contributed by atoms with van der Waals surface area (Å²) in [5, 5.41) is 15.6. The number of halogens is 12. The number of rotatable bonds is 3. The topological polar surface area (TPSA) is 40.5 Å². The van der Waals surface area contributed by atoms with Gasteiger partial charge in [0, 0.05) is 5.92 Å². The number of hydrogen-bond donors (Lipinski definition) is 2. The summed E-state index contributed by atoms with van der Waals surface area (Å²) in [7, 11) is 0. The molecule has 204 valence electrons. The van der Waals surface area contributed by atoms with Crippen molar-refractivity contribution >= 4 is 0 Å². The van der Waals surface area contributed by atoms with Crippen LogP contribution in [0, 0.1) is 5.92 Å². The molecule has 0 bridgehead atoms. The van der Waals surface area contributed by atoms with Crippen LogP contribution in [0.15, 0.2) is 33.9 Å². The molecular weight excluding hydrogens is 500 g/mol. The van der Waals surface area contributed by atoms with Gasteiger partial charge in [-0.1, -0.05) is 29.7 Å². The van der Waals surface area contributed by atoms with Crippen LogP contribution in [0.2, 0.25) is 0 Å². The molecule has 2 N–H and O–H groups in total. The summed E-state index contributed by atoms with van der Waals surface area (Å²) in [5.41, 5.74) is -4.47. The Kier molecular flexibility index (Phi) is 13.9. The molecule has 0 heterocycles. The zero-order valence-corrected chi connectivity index (χ0v) is 19.6. The Balaban J connectivity index is -0.000000490. The number of hydrogen-bond acceptors (Lipinski definition) is 2. The molecule has 0 aromatic heterocycles. The lowest BCUT2D eigenvalue weighted by Crippen LogP contribution is -2.61. The van der Waals surface area contributed by atoms with E-state index in [1.54, 1.807) is 6.92 Å². The molecule has 0 radical (unpaired) electrons. The van der Waals surface area contributed by atoms with Crippen LogP contribution >= 0.6 is 0 Å². The Bertz CT molecular complexity index is 705. The summed E-state index contributed by atoms with van der Waals surface area (Å²) < 4.78 is 142. The van der Waals surface area contributed by atoms with Crippen LogP contribution in [-0.4, -0.2) is 40.7 Å². The Morgan fingerprint density at radius 2 is 0.941 bits per heavy atom. The van der Waals surface area contributed by atoms with Crippen molar-refractivity contribution in [3.8, 4) is 0 Å². The average Bonchev–Trinajstić information content (AvgIpc) is 2.54. The largest absolute Gasteiger partial charge is 0.519 e. The third-order valence-electron chi connectivity index (χ3n) is 4.54. The van der Waals surface area contributed by atoms with Gasteiger partial charge in [0.1, 0.15) is 0 Å². The molecule has 0 aliphatic heterocycles. The standard InChI is InChI=1S/C10H14F6O.C9H13F3.CHF3O/c1-5(2)6(3)7(4)8(17,9(11,12)13)10(14,15)16;1-5-7(4)8(6(2)3)9(10,11)12;2-1(3,4)5/h7,17H,1-4H3;5H,1-4H3;5H/b;7-5-;. The van der Waals surface area contributed by atoms with Crippen molar-refractivity contribution in [2.75, 3.05) is 0 Å². The van der Waals surface area contributed by atoms with Crippen LogP contribution in [0.4, 0.5) is 52.7 Å². The second kappa shape index (κ2) is 12.8. The van der Waals surface area contributed by atoms with Crippen molar-refractivity contribution in [3.63, 3.8) is 0 Å². The van der Waals surface area contributed by atoms with E-state index in [4.69, 9.17) is 10.2 Å². The van der Waals surface area contributed by atoms with Crippen LogP contribution in [0.1, 0.15) is 55.4 Å². The van der Waals surface area contributed by atoms with E-state index in [2.05, 4.69) is 0 Å². The Morgan fingerprint density at radius 3 is 1.06 bits per heavy atom. The van der Waals surface area contributed by atoms with Gasteiger partial charge in [0.15, 0.2) is 0 Å². The van der Waals surface area contributed by atoms with Crippen LogP contribution in [-0.2, 0) is 0 Å². The summed E-state index contributed by atoms with van der Waals surface area (Å²) >= 11 is 0. The highest BCUT2D eigenvalue weighted by molar-refractivity contribution is 5.35. The molecule has 34 heavy (non-hydrogen) atoms. The fraction of sp³-hybridized carbons (Fsp3) is 0.700. The molecule has 1 unspecified atom stereocenters. The summed E-state index contributed by atoms with van der Waals surface area (Å²) in [6.07, 6.45) is -19.3. The Labute approximate surface area is 189 Å². The van der Waals surface area contributed by atoms with Gasteiger partial charge >= 0.3 is 24.9 Å². The second-order valence-electron chi connectivity index (χ2n) is 7.48. The molecule has 14 heteroatoms. The normalized spacial score (nSPS) is 14.2. The van der Waals surface area contributed by atoms with E-state index in [0.717, 1.165) is 6.92 Å². The van der Waals surface area contributed by atoms with Crippen molar-refractivity contribution in [2.24, 2.45) is 5.92 Å². The van der Waals surface area contributed by atoms with Crippen molar-refractivity contribution in [1.29, 1.82) is 0 Å². The van der Waals surface area contributed by atoms with Gasteiger partial charge in [-0.15, -0.1) is 13.2 Å². The third kappa shape index (κ3) is 12.1. The van der Waals surface area contributed by atoms with E-state index < -0.39 is 42.0 Å². The molecule has 0 aliphatic rings. The molecule has 0 saturated carbocycles. The molecule has 0 fully saturated rings. The second-order valence-corrected chi connectivity index (χ2v) is 7.48. The summed E-state index contributed by atoms with van der Waals surface area (Å²) in [6, 6.07) is 0. The van der Waals surface area contributed by atoms with Gasteiger partial charge in [0.25, 0.3) is 5.60 Å². The summed E-state index contributed by atoms with van der Waals surface area (Å²) in [5.74, 6) is -2.09. The average molecular weight is 528 g/mol. The maximum atomic E-state index is 12.5. The van der Waals surface area contributed by atoms with Crippen LogP contribution < -0.4 is 0 Å². The lowest BCUT2D eigenvalue weighted by Gasteiger charge is -2.38. The first kappa shape index (κ1) is 36.9. The fourth-order valence-electron chi connectivity index (χ4n) is 2.44. The Morgan fingerprint density at radius 1 is 0.647 bits per heavy atom. The minimum absolute atomic E-state index is 0.137. The molecule has 0 saturated heterocycles. The minimum atomic E-state index is -5.78. The molecule has 0 aliphatic carbocycles. The van der Waals surface area contributed by atoms with Gasteiger partial charge in [0.2, 0.25) is 0 Å². The molecule has 2 nitrogen and oxygen atoms in total. The highest BCUT2D eigenvalue weighted by Gasteiger charge is 2.72. The van der Waals surface area contributed by atoms with Gasteiger partial charge in [-0.25, -0.2) is 0 Å². The molecule has 0 spiro atoms. The molecule has 0 rings (SSSR count). The fourth-order valence-corrected chi connectivity index (χ4v) is 2.44. The molecule has 0 aromatic carbocycles. The van der Waals surface area contributed by atoms with Gasteiger partial charge in [0.05, 0.1) is 5.57 Å². The zero-order valence-electron chi connectivity index (χ0n) is 19.6. The van der Waals surface area contributed by atoms with Gasteiger partial charge in [-0.3, -0.25) is 0 Å². The lowest BCUT2D eigenvalue weighted by molar-refractivity contribution is -0.379. The highest BCUT2D eigenvalue weighted by atomic mass is 19.4. The molecule has 1 atom stereocenters. The number of alkyl halides is 12. The van der Waals surface area contributed by atoms with Crippen molar-refractivity contribution in [2.45, 2.75) is 85.9 Å². The summed E-state index contributed by atoms with van der Waals surface area (Å²) in [4.78, 5) is 0. The monoisotopic (exact) mass is 528 g/mol.